The fraction of sp³-hybridized carbons (Fsp3) is 0.500. The maximum absolute atomic E-state index is 9.82. The zero-order valence-electron chi connectivity index (χ0n) is 9.38. The molecule has 5 heteroatoms. The average Bonchev–Trinajstić information content (AvgIpc) is 2.33. The van der Waals surface area contributed by atoms with Crippen LogP contribution in [0, 0.1) is 0 Å². The third-order valence-corrected chi connectivity index (χ3v) is 4.57. The quantitative estimate of drug-likeness (QED) is 0.891. The van der Waals surface area contributed by atoms with Crippen LogP contribution in [0.2, 0.25) is 10.0 Å². The molecule has 0 aromatic heterocycles. The van der Waals surface area contributed by atoms with Crippen molar-refractivity contribution in [1.29, 1.82) is 0 Å². The molecule has 1 aromatic carbocycles. The second kappa shape index (κ2) is 6.19. The van der Waals surface area contributed by atoms with Crippen LogP contribution >= 0.6 is 35.0 Å². The summed E-state index contributed by atoms with van der Waals surface area (Å²) in [6.07, 6.45) is 2.45. The first-order valence-electron chi connectivity index (χ1n) is 5.65. The SMILES string of the molecule is Oc1c(Cl)cc(Cl)cc1CNC1CCCSC1. The van der Waals surface area contributed by atoms with E-state index < -0.39 is 0 Å². The van der Waals surface area contributed by atoms with Crippen LogP contribution in [0.4, 0.5) is 0 Å². The molecule has 0 aliphatic carbocycles. The van der Waals surface area contributed by atoms with Gasteiger partial charge in [-0.05, 0) is 30.7 Å². The summed E-state index contributed by atoms with van der Waals surface area (Å²) in [6.45, 7) is 0.608. The summed E-state index contributed by atoms with van der Waals surface area (Å²) in [5, 5.41) is 14.1. The monoisotopic (exact) mass is 291 g/mol. The van der Waals surface area contributed by atoms with Crippen molar-refractivity contribution in [2.24, 2.45) is 0 Å². The Balaban J connectivity index is 1.98. The molecule has 2 N–H and O–H groups in total. The van der Waals surface area contributed by atoms with E-state index in [2.05, 4.69) is 5.32 Å². The first-order valence-corrected chi connectivity index (χ1v) is 7.56. The van der Waals surface area contributed by atoms with Gasteiger partial charge in [0.25, 0.3) is 0 Å². The molecular weight excluding hydrogens is 277 g/mol. The Kier molecular flexibility index (Phi) is 4.86. The Morgan fingerprint density at radius 1 is 1.41 bits per heavy atom. The van der Waals surface area contributed by atoms with Crippen molar-refractivity contribution >= 4 is 35.0 Å². The molecule has 1 aliphatic heterocycles. The topological polar surface area (TPSA) is 32.3 Å². The van der Waals surface area contributed by atoms with Gasteiger partial charge in [-0.15, -0.1) is 0 Å². The van der Waals surface area contributed by atoms with E-state index >= 15 is 0 Å². The van der Waals surface area contributed by atoms with Crippen molar-refractivity contribution in [3.63, 3.8) is 0 Å². The number of hydrogen-bond acceptors (Lipinski definition) is 3. The lowest BCUT2D eigenvalue weighted by Gasteiger charge is -2.22. The van der Waals surface area contributed by atoms with Crippen molar-refractivity contribution in [1.82, 2.24) is 5.32 Å². The molecule has 0 spiro atoms. The Morgan fingerprint density at radius 2 is 2.24 bits per heavy atom. The minimum absolute atomic E-state index is 0.132. The van der Waals surface area contributed by atoms with E-state index in [1.54, 1.807) is 12.1 Å². The highest BCUT2D eigenvalue weighted by Crippen LogP contribution is 2.31. The average molecular weight is 292 g/mol. The van der Waals surface area contributed by atoms with Crippen LogP contribution in [0.25, 0.3) is 0 Å². The summed E-state index contributed by atoms with van der Waals surface area (Å²) in [7, 11) is 0. The number of aromatic hydroxyl groups is 1. The molecule has 0 saturated carbocycles. The smallest absolute Gasteiger partial charge is 0.138 e. The minimum Gasteiger partial charge on any atom is -0.506 e. The van der Waals surface area contributed by atoms with Gasteiger partial charge in [0, 0.05) is 28.9 Å². The van der Waals surface area contributed by atoms with E-state index in [-0.39, 0.29) is 5.75 Å². The Morgan fingerprint density at radius 3 is 2.94 bits per heavy atom. The van der Waals surface area contributed by atoms with E-state index in [4.69, 9.17) is 23.2 Å². The minimum atomic E-state index is 0.132. The van der Waals surface area contributed by atoms with Crippen LogP contribution in [-0.4, -0.2) is 22.7 Å². The largest absolute Gasteiger partial charge is 0.506 e. The standard InChI is InChI=1S/C12H15Cl2NOS/c13-9-4-8(12(16)11(14)5-9)6-15-10-2-1-3-17-7-10/h4-5,10,15-16H,1-3,6-7H2. The lowest BCUT2D eigenvalue weighted by atomic mass is 10.1. The van der Waals surface area contributed by atoms with Gasteiger partial charge in [0.1, 0.15) is 5.75 Å². The first-order chi connectivity index (χ1) is 8.16. The van der Waals surface area contributed by atoms with Crippen molar-refractivity contribution in [2.45, 2.75) is 25.4 Å². The number of benzene rings is 1. The van der Waals surface area contributed by atoms with Gasteiger partial charge in [0.15, 0.2) is 0 Å². The van der Waals surface area contributed by atoms with Crippen molar-refractivity contribution in [2.75, 3.05) is 11.5 Å². The van der Waals surface area contributed by atoms with Crippen molar-refractivity contribution in [3.05, 3.63) is 27.7 Å². The Labute approximate surface area is 116 Å². The number of hydrogen-bond donors (Lipinski definition) is 2. The summed E-state index contributed by atoms with van der Waals surface area (Å²) < 4.78 is 0. The molecule has 0 amide bonds. The van der Waals surface area contributed by atoms with Gasteiger partial charge < -0.3 is 10.4 Å². The number of halogens is 2. The molecule has 1 aliphatic rings. The molecule has 1 heterocycles. The zero-order chi connectivity index (χ0) is 12.3. The van der Waals surface area contributed by atoms with Gasteiger partial charge in [-0.2, -0.15) is 11.8 Å². The van der Waals surface area contributed by atoms with E-state index in [0.29, 0.717) is 22.6 Å². The fourth-order valence-corrected chi connectivity index (χ4v) is 3.55. The second-order valence-corrected chi connectivity index (χ2v) is 6.18. The highest BCUT2D eigenvalue weighted by atomic mass is 35.5. The number of phenolic OH excluding ortho intramolecular Hbond substituents is 1. The summed E-state index contributed by atoms with van der Waals surface area (Å²) in [5.41, 5.74) is 0.762. The summed E-state index contributed by atoms with van der Waals surface area (Å²) >= 11 is 13.8. The highest BCUT2D eigenvalue weighted by Gasteiger charge is 2.14. The van der Waals surface area contributed by atoms with Crippen LogP contribution in [0.3, 0.4) is 0 Å². The van der Waals surface area contributed by atoms with Gasteiger partial charge in [-0.1, -0.05) is 23.2 Å². The molecule has 0 radical (unpaired) electrons. The Hall–Kier alpha value is -0.0900. The van der Waals surface area contributed by atoms with E-state index in [1.165, 1.54) is 18.6 Å². The van der Waals surface area contributed by atoms with Crippen LogP contribution in [0.5, 0.6) is 5.75 Å². The van der Waals surface area contributed by atoms with Gasteiger partial charge in [-0.3, -0.25) is 0 Å². The van der Waals surface area contributed by atoms with Gasteiger partial charge in [-0.25, -0.2) is 0 Å². The molecule has 1 aromatic rings. The molecular formula is C12H15Cl2NOS. The lowest BCUT2D eigenvalue weighted by Crippen LogP contribution is -2.33. The zero-order valence-corrected chi connectivity index (χ0v) is 11.7. The van der Waals surface area contributed by atoms with Gasteiger partial charge in [0.05, 0.1) is 5.02 Å². The molecule has 1 unspecified atom stereocenters. The molecule has 2 nitrogen and oxygen atoms in total. The summed E-state index contributed by atoms with van der Waals surface area (Å²) in [6, 6.07) is 3.83. The molecule has 17 heavy (non-hydrogen) atoms. The molecule has 94 valence electrons. The predicted molar refractivity (Wildman–Crippen MR) is 75.3 cm³/mol. The summed E-state index contributed by atoms with van der Waals surface area (Å²) in [5.74, 6) is 2.52. The molecule has 1 fully saturated rings. The predicted octanol–water partition coefficient (Wildman–Crippen LogP) is 3.68. The molecule has 2 rings (SSSR count). The fourth-order valence-electron chi connectivity index (χ4n) is 1.91. The van der Waals surface area contributed by atoms with E-state index in [1.807, 2.05) is 11.8 Å². The lowest BCUT2D eigenvalue weighted by molar-refractivity contribution is 0.454. The highest BCUT2D eigenvalue weighted by molar-refractivity contribution is 7.99. The summed E-state index contributed by atoms with van der Waals surface area (Å²) in [4.78, 5) is 0. The van der Waals surface area contributed by atoms with Crippen LogP contribution in [0.15, 0.2) is 12.1 Å². The van der Waals surface area contributed by atoms with Crippen LogP contribution in [0.1, 0.15) is 18.4 Å². The normalized spacial score (nSPS) is 20.5. The second-order valence-electron chi connectivity index (χ2n) is 4.19. The third kappa shape index (κ3) is 3.68. The third-order valence-electron chi connectivity index (χ3n) is 2.85. The van der Waals surface area contributed by atoms with Gasteiger partial charge >= 0.3 is 0 Å². The Bertz CT molecular complexity index is 394. The van der Waals surface area contributed by atoms with E-state index in [9.17, 15) is 5.11 Å². The maximum atomic E-state index is 9.82. The maximum Gasteiger partial charge on any atom is 0.138 e. The molecule has 0 bridgehead atoms. The van der Waals surface area contributed by atoms with Gasteiger partial charge in [0.2, 0.25) is 0 Å². The number of thioether (sulfide) groups is 1. The number of phenols is 1. The van der Waals surface area contributed by atoms with Crippen LogP contribution < -0.4 is 5.32 Å². The first kappa shape index (κ1) is 13.3. The van der Waals surface area contributed by atoms with E-state index in [0.717, 1.165) is 11.3 Å². The number of rotatable bonds is 3. The van der Waals surface area contributed by atoms with Crippen molar-refractivity contribution < 1.29 is 5.11 Å². The molecule has 1 atom stereocenters. The number of nitrogens with one attached hydrogen (secondary N) is 1. The van der Waals surface area contributed by atoms with Crippen molar-refractivity contribution in [3.8, 4) is 5.75 Å². The molecule has 1 saturated heterocycles. The van der Waals surface area contributed by atoms with Crippen LogP contribution in [-0.2, 0) is 6.54 Å².